The zero-order valence-corrected chi connectivity index (χ0v) is 17.4. The number of hydrogen-bond donors (Lipinski definition) is 1. The lowest BCUT2D eigenvalue weighted by molar-refractivity contribution is -0.122. The number of carbonyl (C=O) groups is 2. The molecule has 0 aromatic heterocycles. The van der Waals surface area contributed by atoms with Crippen molar-refractivity contribution in [1.29, 1.82) is 0 Å². The molecule has 2 aromatic carbocycles. The lowest BCUT2D eigenvalue weighted by atomic mass is 10.1. The fourth-order valence-electron chi connectivity index (χ4n) is 2.57. The third-order valence-corrected chi connectivity index (χ3v) is 5.03. The van der Waals surface area contributed by atoms with E-state index in [4.69, 9.17) is 27.9 Å². The molecule has 0 saturated carbocycles. The van der Waals surface area contributed by atoms with Crippen LogP contribution in [-0.4, -0.2) is 23.4 Å². The Balaban J connectivity index is 1.86. The Morgan fingerprint density at radius 1 is 1.19 bits per heavy atom. The summed E-state index contributed by atoms with van der Waals surface area (Å²) in [4.78, 5) is 25.3. The van der Waals surface area contributed by atoms with Gasteiger partial charge in [-0.2, -0.15) is 0 Å². The molecule has 0 atom stereocenters. The normalized spacial score (nSPS) is 15.4. The van der Waals surface area contributed by atoms with E-state index in [0.717, 1.165) is 14.9 Å². The zero-order chi connectivity index (χ0) is 19.6. The smallest absolute Gasteiger partial charge is 0.328 e. The fraction of sp³-hybridized carbons (Fsp3) is 0.158. The first-order valence-electron chi connectivity index (χ1n) is 8.10. The molecule has 5 nitrogen and oxygen atoms in total. The maximum Gasteiger partial charge on any atom is 0.328 e. The molecule has 1 aliphatic heterocycles. The number of halogens is 3. The minimum absolute atomic E-state index is 0.203. The van der Waals surface area contributed by atoms with E-state index >= 15 is 0 Å². The molecule has 0 unspecified atom stereocenters. The van der Waals surface area contributed by atoms with Crippen molar-refractivity contribution in [3.63, 3.8) is 0 Å². The van der Waals surface area contributed by atoms with Gasteiger partial charge in [-0.05, 0) is 43.3 Å². The van der Waals surface area contributed by atoms with Crippen LogP contribution in [-0.2, 0) is 11.4 Å². The average Bonchev–Trinajstić information content (AvgIpc) is 2.88. The summed E-state index contributed by atoms with van der Waals surface area (Å²) in [6.45, 7) is 2.28. The Hall–Kier alpha value is -2.02. The Morgan fingerprint density at radius 2 is 1.96 bits per heavy atom. The summed E-state index contributed by atoms with van der Waals surface area (Å²) in [6.07, 6.45) is 1.60. The van der Waals surface area contributed by atoms with Crippen molar-refractivity contribution >= 4 is 57.1 Å². The second-order valence-corrected chi connectivity index (χ2v) is 7.50. The molecule has 140 valence electrons. The number of rotatable bonds is 5. The van der Waals surface area contributed by atoms with Crippen LogP contribution < -0.4 is 10.1 Å². The maximum absolute atomic E-state index is 12.3. The minimum Gasteiger partial charge on any atom is -0.488 e. The highest BCUT2D eigenvalue weighted by molar-refractivity contribution is 9.10. The van der Waals surface area contributed by atoms with Crippen LogP contribution in [0.25, 0.3) is 6.08 Å². The van der Waals surface area contributed by atoms with Crippen molar-refractivity contribution in [2.45, 2.75) is 13.5 Å². The highest BCUT2D eigenvalue weighted by Crippen LogP contribution is 2.28. The maximum atomic E-state index is 12.3. The van der Waals surface area contributed by atoms with Gasteiger partial charge in [-0.1, -0.05) is 45.2 Å². The van der Waals surface area contributed by atoms with E-state index < -0.39 is 6.03 Å². The highest BCUT2D eigenvalue weighted by atomic mass is 79.9. The molecular formula is C19H15BrCl2N2O3. The summed E-state index contributed by atoms with van der Waals surface area (Å²) in [5.74, 6) is 0.183. The number of imide groups is 1. The van der Waals surface area contributed by atoms with Gasteiger partial charge in [0.1, 0.15) is 18.1 Å². The number of nitrogens with zero attached hydrogens (tertiary/aromatic N) is 1. The molecular weight excluding hydrogens is 455 g/mol. The first-order valence-corrected chi connectivity index (χ1v) is 9.64. The van der Waals surface area contributed by atoms with Crippen LogP contribution in [0.2, 0.25) is 10.0 Å². The van der Waals surface area contributed by atoms with E-state index in [-0.39, 0.29) is 18.2 Å². The molecule has 1 N–H and O–H groups in total. The highest BCUT2D eigenvalue weighted by Gasteiger charge is 2.32. The van der Waals surface area contributed by atoms with Crippen LogP contribution in [0.15, 0.2) is 46.6 Å². The van der Waals surface area contributed by atoms with Crippen molar-refractivity contribution in [1.82, 2.24) is 10.2 Å². The second-order valence-electron chi connectivity index (χ2n) is 5.74. The van der Waals surface area contributed by atoms with Gasteiger partial charge < -0.3 is 10.1 Å². The number of carbonyl (C=O) groups excluding carboxylic acids is 2. The topological polar surface area (TPSA) is 58.6 Å². The number of benzene rings is 2. The Kier molecular flexibility index (Phi) is 6.09. The van der Waals surface area contributed by atoms with Crippen LogP contribution in [0.5, 0.6) is 5.75 Å². The molecule has 2 aromatic rings. The molecule has 0 bridgehead atoms. The van der Waals surface area contributed by atoms with Gasteiger partial charge in [0.25, 0.3) is 5.91 Å². The molecule has 1 saturated heterocycles. The number of likely N-dealkylation sites (N-methyl/N-ethyl adjacent to an activating group) is 1. The molecule has 0 spiro atoms. The van der Waals surface area contributed by atoms with Gasteiger partial charge in [-0.25, -0.2) is 4.79 Å². The van der Waals surface area contributed by atoms with Gasteiger partial charge in [0, 0.05) is 32.2 Å². The predicted octanol–water partition coefficient (Wildman–Crippen LogP) is 5.25. The first kappa shape index (κ1) is 19.7. The number of amides is 3. The number of nitrogens with one attached hydrogen (secondary N) is 1. The number of hydrogen-bond acceptors (Lipinski definition) is 3. The van der Waals surface area contributed by atoms with Crippen molar-refractivity contribution < 1.29 is 14.3 Å². The lowest BCUT2D eigenvalue weighted by Gasteiger charge is -2.11. The Morgan fingerprint density at radius 3 is 2.63 bits per heavy atom. The summed E-state index contributed by atoms with van der Waals surface area (Å²) < 4.78 is 6.71. The summed E-state index contributed by atoms with van der Waals surface area (Å²) in [7, 11) is 0. The van der Waals surface area contributed by atoms with E-state index in [1.165, 1.54) is 0 Å². The van der Waals surface area contributed by atoms with Gasteiger partial charge in [0.05, 0.1) is 0 Å². The van der Waals surface area contributed by atoms with Gasteiger partial charge in [0.15, 0.2) is 0 Å². The monoisotopic (exact) mass is 468 g/mol. The molecule has 27 heavy (non-hydrogen) atoms. The molecule has 3 amide bonds. The number of urea groups is 1. The van der Waals surface area contributed by atoms with Crippen LogP contribution in [0.3, 0.4) is 0 Å². The summed E-state index contributed by atoms with van der Waals surface area (Å²) in [5, 5.41) is 3.64. The van der Waals surface area contributed by atoms with Crippen molar-refractivity contribution in [2.75, 3.05) is 6.54 Å². The fourth-order valence-corrected chi connectivity index (χ4v) is 3.41. The molecule has 0 radical (unpaired) electrons. The second kappa shape index (κ2) is 8.33. The Labute approximate surface area is 175 Å². The SMILES string of the molecule is CCN1C(=O)N/C(=C/c2cc(Br)ccc2OCc2ccc(Cl)cc2Cl)C1=O. The van der Waals surface area contributed by atoms with Gasteiger partial charge in [-0.15, -0.1) is 0 Å². The number of ether oxygens (including phenoxy) is 1. The Bertz CT molecular complexity index is 947. The minimum atomic E-state index is -0.431. The molecule has 1 heterocycles. The van der Waals surface area contributed by atoms with E-state index in [0.29, 0.717) is 27.9 Å². The van der Waals surface area contributed by atoms with E-state index in [1.54, 1.807) is 43.3 Å². The summed E-state index contributed by atoms with van der Waals surface area (Å²) in [5.41, 5.74) is 1.63. The third-order valence-electron chi connectivity index (χ3n) is 3.95. The van der Waals surface area contributed by atoms with Gasteiger partial charge >= 0.3 is 6.03 Å². The standard InChI is InChI=1S/C19H15BrCl2N2O3/c1-2-24-18(25)16(23-19(24)26)8-12-7-13(20)4-6-17(12)27-10-11-3-5-14(21)9-15(11)22/h3-9H,2,10H2,1H3,(H,23,26)/b16-8+. The van der Waals surface area contributed by atoms with Crippen molar-refractivity contribution in [2.24, 2.45) is 0 Å². The van der Waals surface area contributed by atoms with E-state index in [9.17, 15) is 9.59 Å². The van der Waals surface area contributed by atoms with Gasteiger partial charge in [-0.3, -0.25) is 9.69 Å². The van der Waals surface area contributed by atoms with Crippen LogP contribution in [0.1, 0.15) is 18.1 Å². The van der Waals surface area contributed by atoms with Crippen LogP contribution in [0, 0.1) is 0 Å². The molecule has 1 fully saturated rings. The third kappa shape index (κ3) is 4.46. The predicted molar refractivity (Wildman–Crippen MR) is 109 cm³/mol. The first-order chi connectivity index (χ1) is 12.9. The van der Waals surface area contributed by atoms with E-state index in [1.807, 2.05) is 6.07 Å². The van der Waals surface area contributed by atoms with Crippen LogP contribution in [0.4, 0.5) is 4.79 Å². The summed E-state index contributed by atoms with van der Waals surface area (Å²) >= 11 is 15.5. The lowest BCUT2D eigenvalue weighted by Crippen LogP contribution is -2.30. The molecule has 0 aliphatic carbocycles. The van der Waals surface area contributed by atoms with Crippen LogP contribution >= 0.6 is 39.1 Å². The molecule has 8 heteroatoms. The van der Waals surface area contributed by atoms with Crippen molar-refractivity contribution in [3.8, 4) is 5.75 Å². The van der Waals surface area contributed by atoms with Crippen molar-refractivity contribution in [3.05, 3.63) is 67.7 Å². The average molecular weight is 470 g/mol. The summed E-state index contributed by atoms with van der Waals surface area (Å²) in [6, 6.07) is 10.2. The largest absolute Gasteiger partial charge is 0.488 e. The zero-order valence-electron chi connectivity index (χ0n) is 14.3. The molecule has 3 rings (SSSR count). The molecule has 1 aliphatic rings. The van der Waals surface area contributed by atoms with Gasteiger partial charge in [0.2, 0.25) is 0 Å². The van der Waals surface area contributed by atoms with E-state index in [2.05, 4.69) is 21.2 Å². The quantitative estimate of drug-likeness (QED) is 0.480.